The highest BCUT2D eigenvalue weighted by molar-refractivity contribution is 6.14. The van der Waals surface area contributed by atoms with Crippen LogP contribution in [0.15, 0.2) is 158 Å². The summed E-state index contributed by atoms with van der Waals surface area (Å²) in [6.07, 6.45) is 0. The first-order chi connectivity index (χ1) is 20.2. The largest absolute Gasteiger partial charge is 0.0622 e. The van der Waals surface area contributed by atoms with Gasteiger partial charge in [0.1, 0.15) is 0 Å². The lowest BCUT2D eigenvalue weighted by Crippen LogP contribution is -2.22. The quantitative estimate of drug-likeness (QED) is 0.197. The third-order valence-corrected chi connectivity index (χ3v) is 8.84. The molecule has 196 valence electrons. The molecule has 41 heavy (non-hydrogen) atoms. The molecule has 0 saturated heterocycles. The second-order valence-corrected chi connectivity index (χ2v) is 11.0. The zero-order chi connectivity index (χ0) is 27.8. The van der Waals surface area contributed by atoms with Crippen LogP contribution in [-0.4, -0.2) is 0 Å². The summed E-state index contributed by atoms with van der Waals surface area (Å²) in [5.74, 6) is 0. The number of hydrogen-bond donors (Lipinski definition) is 0. The minimum Gasteiger partial charge on any atom is -0.0622 e. The molecule has 0 N–H and O–H groups in total. The van der Waals surface area contributed by atoms with Gasteiger partial charge in [-0.3, -0.25) is 0 Å². The summed E-state index contributed by atoms with van der Waals surface area (Å²) in [5, 5.41) is 5.35. The molecule has 0 bridgehead atoms. The molecule has 0 spiro atoms. The van der Waals surface area contributed by atoms with E-state index >= 15 is 0 Å². The van der Waals surface area contributed by atoms with Gasteiger partial charge in [0.05, 0.1) is 0 Å². The van der Waals surface area contributed by atoms with Crippen molar-refractivity contribution >= 4 is 21.5 Å². The molecule has 0 unspecified atom stereocenters. The van der Waals surface area contributed by atoms with Crippen molar-refractivity contribution in [2.75, 3.05) is 0 Å². The molecule has 0 heterocycles. The molecule has 0 saturated carbocycles. The Hall–Kier alpha value is -4.94. The smallest absolute Gasteiger partial charge is 0.0435 e. The third-order valence-electron chi connectivity index (χ3n) is 8.84. The molecule has 7 aromatic carbocycles. The molecule has 1 aliphatic rings. The molecule has 8 rings (SSSR count). The lowest BCUT2D eigenvalue weighted by molar-refractivity contribution is 0.714. The van der Waals surface area contributed by atoms with Gasteiger partial charge in [0.15, 0.2) is 0 Å². The van der Waals surface area contributed by atoms with Crippen molar-refractivity contribution in [2.45, 2.75) is 19.3 Å². The van der Waals surface area contributed by atoms with Crippen LogP contribution in [-0.2, 0) is 5.41 Å². The normalized spacial score (nSPS) is 12.8. The minimum atomic E-state index is -0.0472. The van der Waals surface area contributed by atoms with Gasteiger partial charge in [0.25, 0.3) is 0 Å². The van der Waals surface area contributed by atoms with E-state index < -0.39 is 0 Å². The average Bonchev–Trinajstić information content (AvgIpc) is 3.32. The fourth-order valence-corrected chi connectivity index (χ4v) is 6.80. The minimum absolute atomic E-state index is 0.0472. The van der Waals surface area contributed by atoms with Gasteiger partial charge in [0.2, 0.25) is 0 Å². The van der Waals surface area contributed by atoms with Crippen LogP contribution >= 0.6 is 0 Å². The molecule has 0 atom stereocenters. The van der Waals surface area contributed by atoms with E-state index in [1.165, 1.54) is 66.1 Å². The van der Waals surface area contributed by atoms with Crippen molar-refractivity contribution < 1.29 is 0 Å². The zero-order valence-electron chi connectivity index (χ0n) is 23.5. The van der Waals surface area contributed by atoms with Gasteiger partial charge in [-0.1, -0.05) is 158 Å². The molecule has 0 aliphatic heterocycles. The van der Waals surface area contributed by atoms with Crippen molar-refractivity contribution in [3.63, 3.8) is 0 Å². The SMILES string of the molecule is CC1(c2ccccc2)c2ccccc2-c2ccccc21.Cc1c2ccccc2c(-c2ccccc2)c2ccccc12. The van der Waals surface area contributed by atoms with Crippen LogP contribution in [0.3, 0.4) is 0 Å². The zero-order valence-corrected chi connectivity index (χ0v) is 23.5. The van der Waals surface area contributed by atoms with Gasteiger partial charge in [-0.15, -0.1) is 0 Å². The number of rotatable bonds is 2. The molecule has 1 aliphatic carbocycles. The maximum atomic E-state index is 2.34. The summed E-state index contributed by atoms with van der Waals surface area (Å²) >= 11 is 0. The maximum Gasteiger partial charge on any atom is 0.0435 e. The topological polar surface area (TPSA) is 0 Å². The van der Waals surface area contributed by atoms with Crippen molar-refractivity contribution in [1.29, 1.82) is 0 Å². The Morgan fingerprint density at radius 3 is 1.29 bits per heavy atom. The average molecular weight is 525 g/mol. The van der Waals surface area contributed by atoms with Crippen molar-refractivity contribution in [1.82, 2.24) is 0 Å². The van der Waals surface area contributed by atoms with E-state index in [9.17, 15) is 0 Å². The summed E-state index contributed by atoms with van der Waals surface area (Å²) in [5.41, 5.74) is 10.9. The molecular formula is C41H32. The number of benzene rings is 7. The summed E-state index contributed by atoms with van der Waals surface area (Å²) in [7, 11) is 0. The van der Waals surface area contributed by atoms with E-state index in [1.807, 2.05) is 0 Å². The number of hydrogen-bond acceptors (Lipinski definition) is 0. The predicted octanol–water partition coefficient (Wildman–Crippen LogP) is 11.0. The lowest BCUT2D eigenvalue weighted by atomic mass is 9.74. The van der Waals surface area contributed by atoms with Crippen molar-refractivity contribution in [3.8, 4) is 22.3 Å². The molecular weight excluding hydrogens is 492 g/mol. The van der Waals surface area contributed by atoms with Gasteiger partial charge in [0, 0.05) is 5.41 Å². The number of fused-ring (bicyclic) bond motifs is 5. The standard InChI is InChI=1S/C21H16.C20H16/c1-15-17-11-5-7-13-19(17)21(16-9-3-2-4-10-16)20-14-8-6-12-18(15)20;1-20(15-9-3-2-4-10-15)18-13-7-5-11-16(18)17-12-6-8-14-19(17)20/h2-14H,1H3;2-14H,1H3. The summed E-state index contributed by atoms with van der Waals surface area (Å²) in [6, 6.07) is 56.5. The van der Waals surface area contributed by atoms with Crippen LogP contribution in [0.1, 0.15) is 29.2 Å². The van der Waals surface area contributed by atoms with Gasteiger partial charge < -0.3 is 0 Å². The monoisotopic (exact) mass is 524 g/mol. The van der Waals surface area contributed by atoms with Gasteiger partial charge in [-0.25, -0.2) is 0 Å². The first-order valence-electron chi connectivity index (χ1n) is 14.4. The van der Waals surface area contributed by atoms with Crippen LogP contribution in [0.2, 0.25) is 0 Å². The van der Waals surface area contributed by atoms with E-state index in [1.54, 1.807) is 0 Å². The Labute approximate surface area is 242 Å². The second-order valence-electron chi connectivity index (χ2n) is 11.0. The van der Waals surface area contributed by atoms with E-state index in [-0.39, 0.29) is 5.41 Å². The van der Waals surface area contributed by atoms with Crippen LogP contribution < -0.4 is 0 Å². The highest BCUT2D eigenvalue weighted by Crippen LogP contribution is 2.51. The highest BCUT2D eigenvalue weighted by atomic mass is 14.4. The molecule has 0 amide bonds. The Morgan fingerprint density at radius 1 is 0.390 bits per heavy atom. The van der Waals surface area contributed by atoms with Crippen LogP contribution in [0.5, 0.6) is 0 Å². The van der Waals surface area contributed by atoms with E-state index in [0.29, 0.717) is 0 Å². The summed E-state index contributed by atoms with van der Waals surface area (Å²) in [6.45, 7) is 4.56. The first-order valence-corrected chi connectivity index (χ1v) is 14.4. The van der Waals surface area contributed by atoms with E-state index in [4.69, 9.17) is 0 Å². The Bertz CT molecular complexity index is 1900. The second kappa shape index (κ2) is 10.2. The molecule has 0 heteroatoms. The van der Waals surface area contributed by atoms with Crippen LogP contribution in [0, 0.1) is 6.92 Å². The van der Waals surface area contributed by atoms with Crippen molar-refractivity contribution in [2.24, 2.45) is 0 Å². The molecule has 0 fully saturated rings. The highest BCUT2D eigenvalue weighted by Gasteiger charge is 2.40. The molecule has 0 radical (unpaired) electrons. The van der Waals surface area contributed by atoms with Crippen LogP contribution in [0.4, 0.5) is 0 Å². The third kappa shape index (κ3) is 4.07. The Kier molecular flexibility index (Phi) is 6.25. The summed E-state index contributed by atoms with van der Waals surface area (Å²) < 4.78 is 0. The van der Waals surface area contributed by atoms with Crippen LogP contribution in [0.25, 0.3) is 43.8 Å². The molecule has 0 nitrogen and oxygen atoms in total. The first kappa shape index (κ1) is 25.1. The van der Waals surface area contributed by atoms with Gasteiger partial charge in [-0.2, -0.15) is 0 Å². The number of aryl methyl sites for hydroxylation is 1. The van der Waals surface area contributed by atoms with Gasteiger partial charge in [-0.05, 0) is 79.9 Å². The Morgan fingerprint density at radius 2 is 0.780 bits per heavy atom. The fourth-order valence-electron chi connectivity index (χ4n) is 6.80. The lowest BCUT2D eigenvalue weighted by Gasteiger charge is -2.28. The Balaban J connectivity index is 0.000000135. The summed E-state index contributed by atoms with van der Waals surface area (Å²) in [4.78, 5) is 0. The predicted molar refractivity (Wildman–Crippen MR) is 176 cm³/mol. The fraction of sp³-hybridized carbons (Fsp3) is 0.0732. The molecule has 7 aromatic rings. The van der Waals surface area contributed by atoms with E-state index in [2.05, 4.69) is 172 Å². The van der Waals surface area contributed by atoms with Crippen molar-refractivity contribution in [3.05, 3.63) is 180 Å². The molecule has 0 aromatic heterocycles. The van der Waals surface area contributed by atoms with Gasteiger partial charge >= 0.3 is 0 Å². The maximum absolute atomic E-state index is 2.34. The van der Waals surface area contributed by atoms with E-state index in [0.717, 1.165) is 0 Å².